The number of rotatable bonds is 3. The molecular formula is C23H26N2O3. The molecule has 0 saturated carbocycles. The van der Waals surface area contributed by atoms with Crippen LogP contribution in [-0.2, 0) is 15.0 Å². The highest BCUT2D eigenvalue weighted by molar-refractivity contribution is 5.94. The lowest BCUT2D eigenvalue weighted by Crippen LogP contribution is -2.63. The average molecular weight is 378 g/mol. The van der Waals surface area contributed by atoms with Gasteiger partial charge in [-0.05, 0) is 55.7 Å². The molecule has 2 aliphatic rings. The van der Waals surface area contributed by atoms with E-state index in [1.807, 2.05) is 37.3 Å². The van der Waals surface area contributed by atoms with Gasteiger partial charge in [-0.1, -0.05) is 54.6 Å². The minimum Gasteiger partial charge on any atom is -0.327 e. The van der Waals surface area contributed by atoms with Gasteiger partial charge in [0, 0.05) is 6.04 Å². The molecule has 0 bridgehead atoms. The van der Waals surface area contributed by atoms with Gasteiger partial charge in [0.15, 0.2) is 0 Å². The van der Waals surface area contributed by atoms with Crippen molar-refractivity contribution < 1.29 is 14.8 Å². The Morgan fingerprint density at radius 3 is 2.39 bits per heavy atom. The van der Waals surface area contributed by atoms with Crippen molar-refractivity contribution in [2.75, 3.05) is 0 Å². The van der Waals surface area contributed by atoms with Gasteiger partial charge in [-0.25, -0.2) is 5.48 Å². The zero-order valence-electron chi connectivity index (χ0n) is 16.1. The van der Waals surface area contributed by atoms with Crippen LogP contribution in [0.15, 0.2) is 54.6 Å². The van der Waals surface area contributed by atoms with Gasteiger partial charge >= 0.3 is 0 Å². The SMILES string of the molecule is C[C@@]1(c2ccc(-c3ccccc3)cc2)CCC2CCC[C@H](C(=O)NO)N2C1=O. The van der Waals surface area contributed by atoms with Crippen LogP contribution in [0.25, 0.3) is 11.1 Å². The van der Waals surface area contributed by atoms with Gasteiger partial charge in [-0.3, -0.25) is 14.8 Å². The fourth-order valence-corrected chi connectivity index (χ4v) is 4.78. The number of carbonyl (C=O) groups excluding carboxylic acids is 2. The quantitative estimate of drug-likeness (QED) is 0.633. The molecule has 5 nitrogen and oxygen atoms in total. The van der Waals surface area contributed by atoms with Crippen LogP contribution >= 0.6 is 0 Å². The van der Waals surface area contributed by atoms with E-state index in [4.69, 9.17) is 5.21 Å². The molecule has 0 radical (unpaired) electrons. The molecule has 3 atom stereocenters. The number of nitrogens with zero attached hydrogens (tertiary/aromatic N) is 1. The van der Waals surface area contributed by atoms with Crippen molar-refractivity contribution in [3.8, 4) is 11.1 Å². The molecule has 2 N–H and O–H groups in total. The Balaban J connectivity index is 1.64. The number of hydrogen-bond donors (Lipinski definition) is 2. The standard InChI is InChI=1S/C23H26N2O3/c1-23(18-12-10-17(11-13-18)16-6-3-2-4-7-16)15-14-19-8-5-9-20(21(26)24-28)25(19)22(23)27/h2-4,6-7,10-13,19-20,28H,5,8-9,14-15H2,1H3,(H,24,26)/t19?,20-,23+/m1/s1. The van der Waals surface area contributed by atoms with Crippen molar-refractivity contribution in [3.63, 3.8) is 0 Å². The van der Waals surface area contributed by atoms with E-state index >= 15 is 0 Å². The van der Waals surface area contributed by atoms with Crippen molar-refractivity contribution in [2.24, 2.45) is 0 Å². The lowest BCUT2D eigenvalue weighted by molar-refractivity contribution is -0.157. The molecule has 28 heavy (non-hydrogen) atoms. The van der Waals surface area contributed by atoms with E-state index in [9.17, 15) is 9.59 Å². The summed E-state index contributed by atoms with van der Waals surface area (Å²) in [6.07, 6.45) is 4.06. The molecule has 0 aliphatic carbocycles. The Hall–Kier alpha value is -2.66. The molecule has 2 saturated heterocycles. The summed E-state index contributed by atoms with van der Waals surface area (Å²) >= 11 is 0. The summed E-state index contributed by atoms with van der Waals surface area (Å²) in [4.78, 5) is 27.4. The summed E-state index contributed by atoms with van der Waals surface area (Å²) in [6, 6.07) is 17.8. The Kier molecular flexibility index (Phi) is 4.94. The fourth-order valence-electron chi connectivity index (χ4n) is 4.78. The molecule has 2 aromatic rings. The molecule has 1 unspecified atom stereocenters. The predicted octanol–water partition coefficient (Wildman–Crippen LogP) is 3.66. The van der Waals surface area contributed by atoms with E-state index < -0.39 is 17.4 Å². The second-order valence-electron chi connectivity index (χ2n) is 8.10. The molecule has 2 heterocycles. The molecule has 146 valence electrons. The van der Waals surface area contributed by atoms with E-state index in [1.54, 1.807) is 10.4 Å². The summed E-state index contributed by atoms with van der Waals surface area (Å²) in [5, 5.41) is 9.11. The third-order valence-electron chi connectivity index (χ3n) is 6.47. The van der Waals surface area contributed by atoms with Crippen molar-refractivity contribution >= 4 is 11.8 Å². The van der Waals surface area contributed by atoms with Gasteiger partial charge in [0.1, 0.15) is 6.04 Å². The summed E-state index contributed by atoms with van der Waals surface area (Å²) in [5.41, 5.74) is 4.33. The van der Waals surface area contributed by atoms with Crippen LogP contribution in [0.4, 0.5) is 0 Å². The molecule has 4 rings (SSSR count). The van der Waals surface area contributed by atoms with E-state index in [0.717, 1.165) is 42.4 Å². The van der Waals surface area contributed by atoms with Crippen LogP contribution in [0.1, 0.15) is 44.6 Å². The molecule has 2 aliphatic heterocycles. The Bertz CT molecular complexity index is 865. The van der Waals surface area contributed by atoms with Crippen LogP contribution in [0.2, 0.25) is 0 Å². The van der Waals surface area contributed by atoms with Crippen LogP contribution < -0.4 is 5.48 Å². The predicted molar refractivity (Wildman–Crippen MR) is 107 cm³/mol. The molecule has 2 amide bonds. The minimum absolute atomic E-state index is 0.00971. The van der Waals surface area contributed by atoms with E-state index in [1.165, 1.54) is 0 Å². The van der Waals surface area contributed by atoms with Crippen molar-refractivity contribution in [1.82, 2.24) is 10.4 Å². The maximum absolute atomic E-state index is 13.5. The first-order valence-corrected chi connectivity index (χ1v) is 9.97. The Labute approximate surface area is 165 Å². The van der Waals surface area contributed by atoms with Crippen molar-refractivity contribution in [1.29, 1.82) is 0 Å². The second kappa shape index (κ2) is 7.40. The number of hydroxylamine groups is 1. The fraction of sp³-hybridized carbons (Fsp3) is 0.391. The second-order valence-corrected chi connectivity index (χ2v) is 8.10. The third-order valence-corrected chi connectivity index (χ3v) is 6.47. The van der Waals surface area contributed by atoms with E-state index in [-0.39, 0.29) is 11.9 Å². The number of amides is 2. The first-order valence-electron chi connectivity index (χ1n) is 9.97. The zero-order chi connectivity index (χ0) is 19.7. The van der Waals surface area contributed by atoms with E-state index in [0.29, 0.717) is 6.42 Å². The molecule has 2 aromatic carbocycles. The normalized spacial score (nSPS) is 27.2. The Morgan fingerprint density at radius 1 is 1.04 bits per heavy atom. The number of piperidine rings is 2. The topological polar surface area (TPSA) is 69.6 Å². The van der Waals surface area contributed by atoms with Gasteiger partial charge in [0.25, 0.3) is 5.91 Å². The lowest BCUT2D eigenvalue weighted by atomic mass is 9.71. The highest BCUT2D eigenvalue weighted by atomic mass is 16.5. The van der Waals surface area contributed by atoms with Gasteiger partial charge < -0.3 is 4.90 Å². The molecule has 0 spiro atoms. The monoisotopic (exact) mass is 378 g/mol. The summed E-state index contributed by atoms with van der Waals surface area (Å²) in [5.74, 6) is -0.494. The smallest absolute Gasteiger partial charge is 0.266 e. The summed E-state index contributed by atoms with van der Waals surface area (Å²) in [6.45, 7) is 1.98. The maximum Gasteiger partial charge on any atom is 0.266 e. The molecule has 5 heteroatoms. The Morgan fingerprint density at radius 2 is 1.71 bits per heavy atom. The molecular weight excluding hydrogens is 352 g/mol. The maximum atomic E-state index is 13.5. The number of benzene rings is 2. The van der Waals surface area contributed by atoms with Gasteiger partial charge in [0.2, 0.25) is 5.91 Å². The summed E-state index contributed by atoms with van der Waals surface area (Å²) in [7, 11) is 0. The molecule has 2 fully saturated rings. The third kappa shape index (κ3) is 3.10. The number of hydrogen-bond acceptors (Lipinski definition) is 3. The lowest BCUT2D eigenvalue weighted by Gasteiger charge is -2.50. The number of nitrogens with one attached hydrogen (secondary N) is 1. The van der Waals surface area contributed by atoms with Crippen LogP contribution in [0, 0.1) is 0 Å². The van der Waals surface area contributed by atoms with Crippen molar-refractivity contribution in [2.45, 2.75) is 56.5 Å². The summed E-state index contributed by atoms with van der Waals surface area (Å²) < 4.78 is 0. The number of fused-ring (bicyclic) bond motifs is 1. The van der Waals surface area contributed by atoms with Gasteiger partial charge in [-0.15, -0.1) is 0 Å². The van der Waals surface area contributed by atoms with Crippen LogP contribution in [-0.4, -0.2) is 34.0 Å². The van der Waals surface area contributed by atoms with Crippen LogP contribution in [0.3, 0.4) is 0 Å². The van der Waals surface area contributed by atoms with Gasteiger partial charge in [-0.2, -0.15) is 0 Å². The first-order chi connectivity index (χ1) is 13.5. The number of carbonyl (C=O) groups is 2. The van der Waals surface area contributed by atoms with Crippen molar-refractivity contribution in [3.05, 3.63) is 60.2 Å². The highest BCUT2D eigenvalue weighted by Crippen LogP contribution is 2.42. The van der Waals surface area contributed by atoms with Crippen LogP contribution in [0.5, 0.6) is 0 Å². The largest absolute Gasteiger partial charge is 0.327 e. The minimum atomic E-state index is -0.656. The first kappa shape index (κ1) is 18.7. The highest BCUT2D eigenvalue weighted by Gasteiger charge is 2.49. The van der Waals surface area contributed by atoms with Gasteiger partial charge in [0.05, 0.1) is 5.41 Å². The molecule has 0 aromatic heterocycles. The zero-order valence-corrected chi connectivity index (χ0v) is 16.1. The van der Waals surface area contributed by atoms with E-state index in [2.05, 4.69) is 24.3 Å². The average Bonchev–Trinajstić information content (AvgIpc) is 2.76.